The second-order valence-corrected chi connectivity index (χ2v) is 6.01. The van der Waals surface area contributed by atoms with Gasteiger partial charge in [0.25, 0.3) is 5.91 Å². The van der Waals surface area contributed by atoms with E-state index in [9.17, 15) is 14.0 Å². The first-order chi connectivity index (χ1) is 13.0. The van der Waals surface area contributed by atoms with Crippen LogP contribution in [0.5, 0.6) is 0 Å². The first-order valence-electron chi connectivity index (χ1n) is 8.36. The lowest BCUT2D eigenvalue weighted by atomic mass is 10.2. The third-order valence-electron chi connectivity index (χ3n) is 4.15. The highest BCUT2D eigenvalue weighted by Crippen LogP contribution is 2.27. The van der Waals surface area contributed by atoms with E-state index < -0.39 is 11.7 Å². The summed E-state index contributed by atoms with van der Waals surface area (Å²) >= 11 is 0. The molecule has 1 atom stereocenters. The van der Waals surface area contributed by atoms with Crippen LogP contribution in [0.3, 0.4) is 0 Å². The van der Waals surface area contributed by atoms with E-state index in [2.05, 4.69) is 27.2 Å². The van der Waals surface area contributed by atoms with Crippen molar-refractivity contribution in [3.63, 3.8) is 0 Å². The molecule has 0 bridgehead atoms. The summed E-state index contributed by atoms with van der Waals surface area (Å²) in [5.74, 6) is -0.723. The number of hydrogen-bond acceptors (Lipinski definition) is 6. The van der Waals surface area contributed by atoms with Crippen LogP contribution in [0.1, 0.15) is 23.2 Å². The minimum atomic E-state index is -0.668. The van der Waals surface area contributed by atoms with Gasteiger partial charge >= 0.3 is 0 Å². The molecule has 1 fully saturated rings. The Kier molecular flexibility index (Phi) is 5.30. The van der Waals surface area contributed by atoms with Crippen LogP contribution in [0.15, 0.2) is 43.2 Å². The molecule has 140 valence electrons. The van der Waals surface area contributed by atoms with Crippen molar-refractivity contribution in [1.29, 1.82) is 0 Å². The zero-order valence-corrected chi connectivity index (χ0v) is 14.5. The fourth-order valence-electron chi connectivity index (χ4n) is 2.93. The van der Waals surface area contributed by atoms with Crippen molar-refractivity contribution in [2.45, 2.75) is 19.0 Å². The largest absolute Gasteiger partial charge is 0.365 e. The molecule has 0 spiro atoms. The fraction of sp³-hybridized carbons (Fsp3) is 0.222. The number of nitrogens with zero attached hydrogens (tertiary/aromatic N) is 3. The van der Waals surface area contributed by atoms with Gasteiger partial charge in [0.2, 0.25) is 5.91 Å². The summed E-state index contributed by atoms with van der Waals surface area (Å²) in [5.41, 5.74) is 5.92. The molecular weight excluding hydrogens is 351 g/mol. The molecule has 2 aromatic rings. The summed E-state index contributed by atoms with van der Waals surface area (Å²) in [6.45, 7) is 4.14. The molecule has 8 nitrogen and oxygen atoms in total. The number of aromatic nitrogens is 2. The molecule has 9 heteroatoms. The Labute approximate surface area is 155 Å². The number of nitrogens with two attached hydrogens (primary N) is 1. The molecule has 0 unspecified atom stereocenters. The molecule has 0 aromatic carbocycles. The first-order valence-corrected chi connectivity index (χ1v) is 8.36. The van der Waals surface area contributed by atoms with Crippen LogP contribution in [0.4, 0.5) is 21.7 Å². The molecule has 2 amide bonds. The van der Waals surface area contributed by atoms with Crippen LogP contribution >= 0.6 is 0 Å². The first kappa shape index (κ1) is 18.3. The number of hydrogen-bond donors (Lipinski definition) is 3. The number of primary amides is 1. The van der Waals surface area contributed by atoms with Crippen LogP contribution < -0.4 is 21.3 Å². The lowest BCUT2D eigenvalue weighted by molar-refractivity contribution is -0.117. The number of amides is 2. The van der Waals surface area contributed by atoms with Crippen LogP contribution in [0.2, 0.25) is 0 Å². The second kappa shape index (κ2) is 7.81. The number of carbonyl (C=O) groups is 2. The Bertz CT molecular complexity index is 888. The number of pyridine rings is 2. The molecular formula is C18H19FN6O2. The summed E-state index contributed by atoms with van der Waals surface area (Å²) in [5, 5.41) is 5.73. The molecule has 0 aliphatic carbocycles. The Morgan fingerprint density at radius 3 is 2.89 bits per heavy atom. The zero-order chi connectivity index (χ0) is 19.4. The average Bonchev–Trinajstić information content (AvgIpc) is 3.09. The maximum Gasteiger partial charge on any atom is 0.252 e. The third-order valence-corrected chi connectivity index (χ3v) is 4.15. The van der Waals surface area contributed by atoms with Gasteiger partial charge in [-0.25, -0.2) is 9.37 Å². The van der Waals surface area contributed by atoms with Gasteiger partial charge in [-0.2, -0.15) is 0 Å². The van der Waals surface area contributed by atoms with E-state index in [-0.39, 0.29) is 23.5 Å². The molecule has 0 radical (unpaired) electrons. The van der Waals surface area contributed by atoms with Crippen LogP contribution in [-0.4, -0.2) is 34.5 Å². The number of carbonyl (C=O) groups excluding carboxylic acids is 2. The van der Waals surface area contributed by atoms with E-state index >= 15 is 0 Å². The predicted molar refractivity (Wildman–Crippen MR) is 98.9 cm³/mol. The van der Waals surface area contributed by atoms with Gasteiger partial charge < -0.3 is 21.3 Å². The lowest BCUT2D eigenvalue weighted by Crippen LogP contribution is -2.44. The maximum absolute atomic E-state index is 13.4. The van der Waals surface area contributed by atoms with Gasteiger partial charge in [0.1, 0.15) is 23.6 Å². The minimum absolute atomic E-state index is 0.161. The minimum Gasteiger partial charge on any atom is -0.365 e. The highest BCUT2D eigenvalue weighted by molar-refractivity contribution is 5.98. The van der Waals surface area contributed by atoms with E-state index in [1.807, 2.05) is 4.90 Å². The second-order valence-electron chi connectivity index (χ2n) is 6.01. The zero-order valence-electron chi connectivity index (χ0n) is 14.5. The van der Waals surface area contributed by atoms with Gasteiger partial charge in [-0.3, -0.25) is 14.6 Å². The fourth-order valence-corrected chi connectivity index (χ4v) is 2.93. The quantitative estimate of drug-likeness (QED) is 0.667. The molecule has 27 heavy (non-hydrogen) atoms. The van der Waals surface area contributed by atoms with E-state index in [1.54, 1.807) is 12.1 Å². The Hall–Kier alpha value is -3.49. The van der Waals surface area contributed by atoms with Crippen molar-refractivity contribution in [3.8, 4) is 0 Å². The number of rotatable bonds is 6. The highest BCUT2D eigenvalue weighted by Gasteiger charge is 2.27. The SMILES string of the molecule is C=CC(=O)N[C@@H]1CCCN1c1ccc(C(N)=O)c(Nc2cncc(F)c2)n1. The summed E-state index contributed by atoms with van der Waals surface area (Å²) in [4.78, 5) is 33.5. The third kappa shape index (κ3) is 4.20. The lowest BCUT2D eigenvalue weighted by Gasteiger charge is -2.26. The molecule has 4 N–H and O–H groups in total. The number of halogens is 1. The van der Waals surface area contributed by atoms with Crippen molar-refractivity contribution >= 4 is 29.1 Å². The molecule has 1 saturated heterocycles. The van der Waals surface area contributed by atoms with Gasteiger partial charge in [0.15, 0.2) is 0 Å². The maximum atomic E-state index is 13.4. The molecule has 3 heterocycles. The number of anilines is 3. The molecule has 2 aromatic heterocycles. The molecule has 1 aliphatic heterocycles. The molecule has 0 saturated carbocycles. The average molecular weight is 370 g/mol. The summed E-state index contributed by atoms with van der Waals surface area (Å²) < 4.78 is 13.4. The number of nitrogens with one attached hydrogen (secondary N) is 2. The standard InChI is InChI=1S/C18H19FN6O2/c1-2-16(26)23-14-4-3-7-25(14)15-6-5-13(17(20)27)18(24-15)22-12-8-11(19)9-21-10-12/h2,5-6,8-10,14H,1,3-4,7H2,(H2,20,27)(H,22,24)(H,23,26)/t14-/m0/s1. The van der Waals surface area contributed by atoms with Crippen molar-refractivity contribution in [2.24, 2.45) is 5.73 Å². The summed E-state index contributed by atoms with van der Waals surface area (Å²) in [6, 6.07) is 4.44. The van der Waals surface area contributed by atoms with Gasteiger partial charge in [0.05, 0.1) is 23.6 Å². The Morgan fingerprint density at radius 1 is 1.37 bits per heavy atom. The van der Waals surface area contributed by atoms with Crippen LogP contribution in [0, 0.1) is 5.82 Å². The summed E-state index contributed by atoms with van der Waals surface area (Å²) in [6.07, 6.45) is 5.09. The van der Waals surface area contributed by atoms with Gasteiger partial charge in [0, 0.05) is 12.6 Å². The van der Waals surface area contributed by atoms with Crippen molar-refractivity contribution in [3.05, 3.63) is 54.6 Å². The van der Waals surface area contributed by atoms with E-state index in [0.29, 0.717) is 18.1 Å². The van der Waals surface area contributed by atoms with Crippen molar-refractivity contribution < 1.29 is 14.0 Å². The van der Waals surface area contributed by atoms with Gasteiger partial charge in [-0.05, 0) is 31.1 Å². The monoisotopic (exact) mass is 370 g/mol. The van der Waals surface area contributed by atoms with E-state index in [0.717, 1.165) is 19.0 Å². The normalized spacial score (nSPS) is 16.0. The molecule has 1 aliphatic rings. The van der Waals surface area contributed by atoms with E-state index in [4.69, 9.17) is 5.73 Å². The van der Waals surface area contributed by atoms with Crippen molar-refractivity contribution in [2.75, 3.05) is 16.8 Å². The summed E-state index contributed by atoms with van der Waals surface area (Å²) in [7, 11) is 0. The smallest absolute Gasteiger partial charge is 0.252 e. The highest BCUT2D eigenvalue weighted by atomic mass is 19.1. The van der Waals surface area contributed by atoms with Gasteiger partial charge in [-0.1, -0.05) is 6.58 Å². The van der Waals surface area contributed by atoms with Crippen LogP contribution in [0.25, 0.3) is 0 Å². The van der Waals surface area contributed by atoms with E-state index in [1.165, 1.54) is 18.3 Å². The predicted octanol–water partition coefficient (Wildman–Crippen LogP) is 1.69. The van der Waals surface area contributed by atoms with Gasteiger partial charge in [-0.15, -0.1) is 0 Å². The van der Waals surface area contributed by atoms with Crippen LogP contribution in [-0.2, 0) is 4.79 Å². The van der Waals surface area contributed by atoms with Crippen molar-refractivity contribution in [1.82, 2.24) is 15.3 Å². The Morgan fingerprint density at radius 2 is 2.19 bits per heavy atom. The topological polar surface area (TPSA) is 113 Å². The Balaban J connectivity index is 1.92. The molecule has 3 rings (SSSR count).